The van der Waals surface area contributed by atoms with E-state index >= 15 is 0 Å². The Hall–Kier alpha value is -2.60. The van der Waals surface area contributed by atoms with E-state index in [9.17, 15) is 0 Å². The molecule has 1 aliphatic carbocycles. The summed E-state index contributed by atoms with van der Waals surface area (Å²) in [5.74, 6) is 0. The van der Waals surface area contributed by atoms with Crippen molar-refractivity contribution in [2.75, 3.05) is 0 Å². The molecule has 0 heterocycles. The summed E-state index contributed by atoms with van der Waals surface area (Å²) in [5.41, 5.74) is 5.79. The second-order valence-corrected chi connectivity index (χ2v) is 7.72. The Bertz CT molecular complexity index is 1100. The van der Waals surface area contributed by atoms with Crippen LogP contribution in [0.3, 0.4) is 0 Å². The summed E-state index contributed by atoms with van der Waals surface area (Å²) in [6, 6.07) is 26.6. The van der Waals surface area contributed by atoms with Gasteiger partial charge in [-0.15, -0.1) is 0 Å². The van der Waals surface area contributed by atoms with E-state index in [4.69, 9.17) is 0 Å². The Labute approximate surface area is 184 Å². The molecule has 0 amide bonds. The number of fused-ring (bicyclic) bond motifs is 8. The van der Waals surface area contributed by atoms with Crippen LogP contribution < -0.4 is 0 Å². The molecule has 0 atom stereocenters. The smallest absolute Gasteiger partial charge is 0.0165 e. The van der Waals surface area contributed by atoms with Crippen molar-refractivity contribution in [3.63, 3.8) is 0 Å². The van der Waals surface area contributed by atoms with Crippen molar-refractivity contribution in [3.05, 3.63) is 83.9 Å². The van der Waals surface area contributed by atoms with E-state index in [2.05, 4.69) is 100 Å². The van der Waals surface area contributed by atoms with E-state index in [-0.39, 0.29) is 5.41 Å². The molecule has 0 radical (unpaired) electrons. The van der Waals surface area contributed by atoms with Gasteiger partial charge in [0.25, 0.3) is 0 Å². The van der Waals surface area contributed by atoms with E-state index in [1.807, 2.05) is 27.7 Å². The van der Waals surface area contributed by atoms with E-state index in [0.717, 1.165) is 0 Å². The molecule has 0 saturated heterocycles. The highest BCUT2D eigenvalue weighted by atomic mass is 14.4. The first-order valence-electron chi connectivity index (χ1n) is 11.6. The Morgan fingerprint density at radius 1 is 0.567 bits per heavy atom. The molecule has 5 rings (SSSR count). The summed E-state index contributed by atoms with van der Waals surface area (Å²) in [4.78, 5) is 0. The minimum atomic E-state index is 0.0373. The molecule has 0 fully saturated rings. The maximum atomic E-state index is 2.36. The van der Waals surface area contributed by atoms with Crippen LogP contribution in [0.4, 0.5) is 0 Å². The standard InChI is InChI=1S/C23H18.C3H8.2C2H6/c1-23(2)20-14-8-7-13-19(20)21-17-11-5-3-9-15(17)16-10-4-6-12-18(16)22(21)23;1-3-2;2*1-2/h3-14H,1-2H3;3H2,1-2H3;2*1-2H3. The quantitative estimate of drug-likeness (QED) is 0.258. The van der Waals surface area contributed by atoms with Crippen LogP contribution in [0.1, 0.15) is 72.9 Å². The predicted octanol–water partition coefficient (Wildman–Crippen LogP) is 9.77. The van der Waals surface area contributed by atoms with Gasteiger partial charge >= 0.3 is 0 Å². The van der Waals surface area contributed by atoms with E-state index in [1.54, 1.807) is 0 Å². The Kier molecular flexibility index (Phi) is 8.24. The lowest BCUT2D eigenvalue weighted by molar-refractivity contribution is 0.666. The molecular weight excluding hydrogens is 360 g/mol. The largest absolute Gasteiger partial charge is 0.0683 e. The van der Waals surface area contributed by atoms with Crippen molar-refractivity contribution in [1.29, 1.82) is 0 Å². The maximum absolute atomic E-state index is 2.36. The molecule has 0 N–H and O–H groups in total. The molecule has 0 unspecified atom stereocenters. The van der Waals surface area contributed by atoms with Crippen LogP contribution in [0.15, 0.2) is 72.8 Å². The zero-order chi connectivity index (χ0) is 22.3. The zero-order valence-corrected chi connectivity index (χ0v) is 20.1. The molecule has 0 aromatic heterocycles. The van der Waals surface area contributed by atoms with Gasteiger partial charge in [-0.1, -0.05) is 135 Å². The molecule has 0 nitrogen and oxygen atoms in total. The Morgan fingerprint density at radius 3 is 1.53 bits per heavy atom. The van der Waals surface area contributed by atoms with Gasteiger partial charge in [-0.3, -0.25) is 0 Å². The summed E-state index contributed by atoms with van der Waals surface area (Å²) < 4.78 is 0. The molecule has 4 aromatic carbocycles. The van der Waals surface area contributed by atoms with Gasteiger partial charge in [0.05, 0.1) is 0 Å². The normalized spacial score (nSPS) is 12.4. The van der Waals surface area contributed by atoms with Crippen LogP contribution in [-0.2, 0) is 5.41 Å². The highest BCUT2D eigenvalue weighted by molar-refractivity contribution is 6.18. The summed E-state index contributed by atoms with van der Waals surface area (Å²) >= 11 is 0. The van der Waals surface area contributed by atoms with Crippen LogP contribution in [0.5, 0.6) is 0 Å². The van der Waals surface area contributed by atoms with Crippen molar-refractivity contribution >= 4 is 21.5 Å². The van der Waals surface area contributed by atoms with Crippen LogP contribution >= 0.6 is 0 Å². The first kappa shape index (κ1) is 23.7. The van der Waals surface area contributed by atoms with Crippen molar-refractivity contribution in [1.82, 2.24) is 0 Å². The fourth-order valence-corrected chi connectivity index (χ4v) is 4.45. The van der Waals surface area contributed by atoms with Crippen molar-refractivity contribution < 1.29 is 0 Å². The molecular formula is C30H38. The van der Waals surface area contributed by atoms with E-state index in [0.29, 0.717) is 0 Å². The molecule has 30 heavy (non-hydrogen) atoms. The van der Waals surface area contributed by atoms with Crippen LogP contribution in [-0.4, -0.2) is 0 Å². The van der Waals surface area contributed by atoms with Gasteiger partial charge in [0.15, 0.2) is 0 Å². The van der Waals surface area contributed by atoms with Crippen LogP contribution in [0, 0.1) is 0 Å². The van der Waals surface area contributed by atoms with Gasteiger partial charge in [-0.25, -0.2) is 0 Å². The fraction of sp³-hybridized carbons (Fsp3) is 0.333. The summed E-state index contributed by atoms with van der Waals surface area (Å²) in [6.07, 6.45) is 1.25. The molecule has 4 aromatic rings. The molecule has 158 valence electrons. The van der Waals surface area contributed by atoms with Gasteiger partial charge in [-0.05, 0) is 43.8 Å². The average molecular weight is 399 g/mol. The summed E-state index contributed by atoms with van der Waals surface area (Å²) in [6.45, 7) is 17.0. The molecule has 0 aliphatic heterocycles. The van der Waals surface area contributed by atoms with Crippen molar-refractivity contribution in [3.8, 4) is 11.1 Å². The highest BCUT2D eigenvalue weighted by Gasteiger charge is 2.37. The second-order valence-electron chi connectivity index (χ2n) is 7.72. The third-order valence-electron chi connectivity index (χ3n) is 5.43. The van der Waals surface area contributed by atoms with Crippen molar-refractivity contribution in [2.24, 2.45) is 0 Å². The average Bonchev–Trinajstić information content (AvgIpc) is 3.05. The third kappa shape index (κ3) is 3.88. The number of hydrogen-bond acceptors (Lipinski definition) is 0. The fourth-order valence-electron chi connectivity index (χ4n) is 4.45. The van der Waals surface area contributed by atoms with Gasteiger partial charge in [0, 0.05) is 5.41 Å². The van der Waals surface area contributed by atoms with Crippen LogP contribution in [0.2, 0.25) is 0 Å². The van der Waals surface area contributed by atoms with Crippen molar-refractivity contribution in [2.45, 2.75) is 67.2 Å². The molecule has 0 bridgehead atoms. The highest BCUT2D eigenvalue weighted by Crippen LogP contribution is 2.54. The second kappa shape index (κ2) is 10.4. The number of hydrogen-bond donors (Lipinski definition) is 0. The number of benzene rings is 4. The van der Waals surface area contributed by atoms with Gasteiger partial charge in [0.1, 0.15) is 0 Å². The zero-order valence-electron chi connectivity index (χ0n) is 20.1. The van der Waals surface area contributed by atoms with Crippen LogP contribution in [0.25, 0.3) is 32.7 Å². The SMILES string of the molecule is CC.CC.CC1(C)c2ccccc2-c2c1c1ccccc1c1ccccc21.CCC. The minimum Gasteiger partial charge on any atom is -0.0683 e. The van der Waals surface area contributed by atoms with Gasteiger partial charge in [-0.2, -0.15) is 0 Å². The van der Waals surface area contributed by atoms with Gasteiger partial charge in [0.2, 0.25) is 0 Å². The van der Waals surface area contributed by atoms with E-state index in [1.165, 1.54) is 50.2 Å². The molecule has 0 heteroatoms. The summed E-state index contributed by atoms with van der Waals surface area (Å²) in [5, 5.41) is 5.48. The lowest BCUT2D eigenvalue weighted by Crippen LogP contribution is -2.15. The number of rotatable bonds is 0. The first-order chi connectivity index (χ1) is 14.6. The Balaban J connectivity index is 0.000000414. The molecule has 0 spiro atoms. The lowest BCUT2D eigenvalue weighted by atomic mass is 9.79. The summed E-state index contributed by atoms with van der Waals surface area (Å²) in [7, 11) is 0. The minimum absolute atomic E-state index is 0.0373. The third-order valence-corrected chi connectivity index (χ3v) is 5.43. The monoisotopic (exact) mass is 398 g/mol. The lowest BCUT2D eigenvalue weighted by Gasteiger charge is -2.24. The molecule has 0 saturated carbocycles. The Morgan fingerprint density at radius 2 is 0.967 bits per heavy atom. The maximum Gasteiger partial charge on any atom is 0.0165 e. The molecule has 1 aliphatic rings. The topological polar surface area (TPSA) is 0 Å². The van der Waals surface area contributed by atoms with E-state index < -0.39 is 0 Å². The first-order valence-corrected chi connectivity index (χ1v) is 11.6. The predicted molar refractivity (Wildman–Crippen MR) is 138 cm³/mol. The van der Waals surface area contributed by atoms with Gasteiger partial charge < -0.3 is 0 Å².